The minimum absolute atomic E-state index is 0.0300. The van der Waals surface area contributed by atoms with Crippen molar-refractivity contribution in [2.24, 2.45) is 0 Å². The maximum absolute atomic E-state index is 14.4. The topological polar surface area (TPSA) is 298 Å². The van der Waals surface area contributed by atoms with E-state index in [-0.39, 0.29) is 11.1 Å². The van der Waals surface area contributed by atoms with Crippen LogP contribution in [0.15, 0.2) is 60.7 Å². The van der Waals surface area contributed by atoms with Gasteiger partial charge in [0.15, 0.2) is 24.4 Å². The Balaban J connectivity index is 1.04. The molecule has 8 aliphatic heterocycles. The molecule has 8 saturated heterocycles. The summed E-state index contributed by atoms with van der Waals surface area (Å²) in [6.45, 7) is 3.78. The van der Waals surface area contributed by atoms with E-state index in [4.69, 9.17) is 28.4 Å². The number of benzene rings is 2. The summed E-state index contributed by atoms with van der Waals surface area (Å²) >= 11 is 0. The van der Waals surface area contributed by atoms with E-state index in [1.165, 1.54) is 61.6 Å². The summed E-state index contributed by atoms with van der Waals surface area (Å²) in [5.74, 6) is -1.95. The van der Waals surface area contributed by atoms with Crippen LogP contribution in [0.25, 0.3) is 0 Å². The summed E-state index contributed by atoms with van der Waals surface area (Å²) in [5.41, 5.74) is 0.0600. The molecule has 4 N–H and O–H groups in total. The SMILES string of the molecule is O=C(NP(=O)(N1CC1)N1CC1)O[C@@H]([C@H](OC(=O)NP(=O)(N1CC1)N1CC1)[C@@H](COC(=O)c1ccccc1)OC(=O)NP(=O)(N1CC1)N1CC1)[C@H](COC(=O)c1ccccc1)OC(=O)NP(=O)(N1CC1)N1CC1. The number of esters is 2. The molecule has 2 aromatic carbocycles. The van der Waals surface area contributed by atoms with Gasteiger partial charge in [-0.25, -0.2) is 86.5 Å². The lowest BCUT2D eigenvalue weighted by Crippen LogP contribution is -2.56. The average molecular weight is 1080 g/mol. The van der Waals surface area contributed by atoms with Crippen LogP contribution >= 0.6 is 30.4 Å². The van der Waals surface area contributed by atoms with Crippen molar-refractivity contribution in [3.05, 3.63) is 71.8 Å². The van der Waals surface area contributed by atoms with Gasteiger partial charge in [0, 0.05) is 105 Å². The van der Waals surface area contributed by atoms with Crippen LogP contribution in [0.2, 0.25) is 0 Å². The zero-order valence-electron chi connectivity index (χ0n) is 38.7. The van der Waals surface area contributed by atoms with Crippen LogP contribution in [0.3, 0.4) is 0 Å². The molecular weight excluding hydrogens is 1030 g/mol. The van der Waals surface area contributed by atoms with Crippen LogP contribution < -0.4 is 20.3 Å². The summed E-state index contributed by atoms with van der Waals surface area (Å²) in [4.78, 5) is 84.5. The third-order valence-electron chi connectivity index (χ3n) is 12.2. The molecular formula is C40H54N12O16P4. The summed E-state index contributed by atoms with van der Waals surface area (Å²) < 4.78 is 104. The number of rotatable bonds is 25. The van der Waals surface area contributed by atoms with Gasteiger partial charge in [-0.15, -0.1) is 0 Å². The Kier molecular flexibility index (Phi) is 14.3. The molecule has 0 bridgehead atoms. The first kappa shape index (κ1) is 50.6. The smallest absolute Gasteiger partial charge is 0.415 e. The predicted molar refractivity (Wildman–Crippen MR) is 250 cm³/mol. The molecule has 0 radical (unpaired) electrons. The Bertz CT molecular complexity index is 2390. The van der Waals surface area contributed by atoms with Crippen LogP contribution in [0.4, 0.5) is 19.2 Å². The van der Waals surface area contributed by atoms with Gasteiger partial charge in [-0.05, 0) is 24.3 Å². The first-order valence-electron chi connectivity index (χ1n) is 23.4. The predicted octanol–water partition coefficient (Wildman–Crippen LogP) is 2.04. The molecule has 28 nitrogen and oxygen atoms in total. The minimum Gasteiger partial charge on any atom is -0.458 e. The van der Waals surface area contributed by atoms with E-state index in [0.29, 0.717) is 105 Å². The van der Waals surface area contributed by atoms with Crippen LogP contribution in [0.1, 0.15) is 20.7 Å². The van der Waals surface area contributed by atoms with Gasteiger partial charge in [0.1, 0.15) is 13.2 Å². The van der Waals surface area contributed by atoms with Crippen LogP contribution in [-0.4, -0.2) is 216 Å². The van der Waals surface area contributed by atoms with Crippen molar-refractivity contribution in [2.45, 2.75) is 24.4 Å². The number of amides is 4. The molecule has 390 valence electrons. The highest BCUT2D eigenvalue weighted by Gasteiger charge is 2.56. The molecule has 4 atom stereocenters. The second kappa shape index (κ2) is 20.4. The Morgan fingerprint density at radius 1 is 0.375 bits per heavy atom. The Morgan fingerprint density at radius 2 is 0.597 bits per heavy atom. The second-order valence-corrected chi connectivity index (χ2v) is 27.6. The molecule has 0 saturated carbocycles. The van der Waals surface area contributed by atoms with Crippen molar-refractivity contribution >= 4 is 66.7 Å². The van der Waals surface area contributed by atoms with E-state index in [0.717, 1.165) is 0 Å². The second-order valence-electron chi connectivity index (χ2n) is 17.8. The number of carbonyl (C=O) groups is 6. The van der Waals surface area contributed by atoms with E-state index in [1.54, 1.807) is 36.4 Å². The first-order chi connectivity index (χ1) is 34.6. The molecule has 8 heterocycles. The van der Waals surface area contributed by atoms with Crippen molar-refractivity contribution < 1.29 is 75.4 Å². The standard InChI is InChI=1S/C40H54N12O16P4/c53-35(29-7-3-1-4-8-29)63-27-31(65-37(55)41-69(59,45-11-12-45)46-13-14-46)33(67-39(57)43-71(61,49-19-20-49)50-21-22-50)34(68-40(58)44-72(62,51-23-24-51)52-25-26-52)32(28-64-36(54)30-9-5-2-6-10-30)66-38(56)42-70(60,47-15-16-47)48-17-18-48/h1-10,31-34H,11-28H2,(H,41,55,59)(H,42,56,60)(H,43,57,61)(H,44,58,62)/t31-,32+,33-,34-/m1/s1. The first-order valence-corrected chi connectivity index (χ1v) is 29.8. The fourth-order valence-corrected chi connectivity index (χ4v) is 16.4. The summed E-state index contributed by atoms with van der Waals surface area (Å²) in [5, 5.41) is 9.62. The third-order valence-corrected chi connectivity index (χ3v) is 23.5. The average Bonchev–Trinajstić information content (AvgIpc) is 4.18. The van der Waals surface area contributed by atoms with E-state index < -0.39 is 104 Å². The largest absolute Gasteiger partial charge is 0.458 e. The summed E-state index contributed by atoms with van der Waals surface area (Å²) in [6.07, 6.45) is -14.5. The Morgan fingerprint density at radius 3 is 0.819 bits per heavy atom. The number of nitrogens with zero attached hydrogens (tertiary/aromatic N) is 8. The molecule has 2 aromatic rings. The molecule has 4 amide bonds. The van der Waals surface area contributed by atoms with Crippen molar-refractivity contribution in [2.75, 3.05) is 118 Å². The van der Waals surface area contributed by atoms with E-state index in [1.807, 2.05) is 0 Å². The number of nitrogens with one attached hydrogen (secondary N) is 4. The number of ether oxygens (including phenoxy) is 6. The molecule has 8 fully saturated rings. The van der Waals surface area contributed by atoms with Crippen LogP contribution in [0.5, 0.6) is 0 Å². The highest BCUT2D eigenvalue weighted by molar-refractivity contribution is 7.59. The van der Waals surface area contributed by atoms with E-state index >= 15 is 0 Å². The van der Waals surface area contributed by atoms with E-state index in [2.05, 4.69) is 20.3 Å². The van der Waals surface area contributed by atoms with Crippen molar-refractivity contribution in [1.29, 1.82) is 0 Å². The fraction of sp³-hybridized carbons (Fsp3) is 0.550. The van der Waals surface area contributed by atoms with Crippen molar-refractivity contribution in [1.82, 2.24) is 57.7 Å². The number of hydrogen-bond acceptors (Lipinski definition) is 16. The summed E-state index contributed by atoms with van der Waals surface area (Å²) in [7, 11) is -15.2. The van der Waals surface area contributed by atoms with Gasteiger partial charge in [0.2, 0.25) is 0 Å². The molecule has 72 heavy (non-hydrogen) atoms. The molecule has 0 aliphatic carbocycles. The maximum Gasteiger partial charge on any atom is 0.415 e. The molecule has 8 aliphatic rings. The Hall–Kier alpha value is -4.94. The van der Waals surface area contributed by atoms with Gasteiger partial charge in [0.05, 0.1) is 11.1 Å². The monoisotopic (exact) mass is 1080 g/mol. The quantitative estimate of drug-likeness (QED) is 0.0479. The zero-order valence-corrected chi connectivity index (χ0v) is 42.3. The lowest BCUT2D eigenvalue weighted by Gasteiger charge is -2.36. The highest BCUT2D eigenvalue weighted by atomic mass is 31.2. The van der Waals surface area contributed by atoms with Crippen molar-refractivity contribution in [3.63, 3.8) is 0 Å². The highest BCUT2D eigenvalue weighted by Crippen LogP contribution is 2.59. The lowest BCUT2D eigenvalue weighted by atomic mass is 10.0. The van der Waals surface area contributed by atoms with E-state index in [9.17, 15) is 47.0 Å². The molecule has 0 aromatic heterocycles. The minimum atomic E-state index is -3.83. The van der Waals surface area contributed by atoms with Gasteiger partial charge in [-0.2, -0.15) is 0 Å². The van der Waals surface area contributed by atoms with Crippen LogP contribution in [-0.2, 0) is 46.7 Å². The zero-order chi connectivity index (χ0) is 50.4. The van der Waals surface area contributed by atoms with Crippen molar-refractivity contribution in [3.8, 4) is 0 Å². The van der Waals surface area contributed by atoms with Gasteiger partial charge in [-0.1, -0.05) is 36.4 Å². The lowest BCUT2D eigenvalue weighted by molar-refractivity contribution is -0.129. The van der Waals surface area contributed by atoms with Gasteiger partial charge < -0.3 is 28.4 Å². The molecule has 32 heteroatoms. The maximum atomic E-state index is 14.4. The molecule has 10 rings (SSSR count). The molecule has 0 unspecified atom stereocenters. The van der Waals surface area contributed by atoms with Crippen LogP contribution in [0, 0.1) is 0 Å². The third kappa shape index (κ3) is 12.0. The number of hydrogen-bond donors (Lipinski definition) is 4. The molecule has 0 spiro atoms. The van der Waals surface area contributed by atoms with Gasteiger partial charge in [0.25, 0.3) is 0 Å². The normalized spacial score (nSPS) is 21.8. The van der Waals surface area contributed by atoms with Gasteiger partial charge in [-0.3, -0.25) is 18.3 Å². The number of carbonyl (C=O) groups excluding carboxylic acids is 6. The Labute approximate surface area is 412 Å². The fourth-order valence-electron chi connectivity index (χ4n) is 7.64. The summed E-state index contributed by atoms with van der Waals surface area (Å²) in [6, 6.07) is 15.2. The van der Waals surface area contributed by atoms with Gasteiger partial charge >= 0.3 is 66.7 Å².